The van der Waals surface area contributed by atoms with Crippen molar-refractivity contribution in [2.24, 2.45) is 16.8 Å². The Kier molecular flexibility index (Phi) is 8.46. The molecule has 5 rings (SSSR count). The topological polar surface area (TPSA) is 138 Å². The van der Waals surface area contributed by atoms with Crippen LogP contribution in [0.4, 0.5) is 8.78 Å². The van der Waals surface area contributed by atoms with Gasteiger partial charge in [-0.25, -0.2) is 31.3 Å². The number of piperidine rings is 1. The van der Waals surface area contributed by atoms with Gasteiger partial charge in [-0.1, -0.05) is 17.7 Å². The van der Waals surface area contributed by atoms with E-state index in [-0.39, 0.29) is 49.6 Å². The fourth-order valence-electron chi connectivity index (χ4n) is 5.37. The molecule has 0 spiro atoms. The molecule has 1 aromatic heterocycles. The van der Waals surface area contributed by atoms with Crippen LogP contribution in [0.5, 0.6) is 0 Å². The van der Waals surface area contributed by atoms with Gasteiger partial charge in [-0.2, -0.15) is 0 Å². The van der Waals surface area contributed by atoms with Crippen LogP contribution in [0.3, 0.4) is 0 Å². The lowest BCUT2D eigenvalue weighted by molar-refractivity contribution is -0.144. The van der Waals surface area contributed by atoms with Gasteiger partial charge in [0, 0.05) is 41.8 Å². The van der Waals surface area contributed by atoms with E-state index in [1.165, 1.54) is 21.7 Å². The highest BCUT2D eigenvalue weighted by molar-refractivity contribution is 7.89. The monoisotopic (exact) mass is 628 g/mol. The van der Waals surface area contributed by atoms with E-state index in [4.69, 9.17) is 21.4 Å². The van der Waals surface area contributed by atoms with E-state index in [0.29, 0.717) is 29.4 Å². The molecule has 1 atom stereocenters. The molecule has 1 aromatic carbocycles. The summed E-state index contributed by atoms with van der Waals surface area (Å²) in [7, 11) is -3.68. The summed E-state index contributed by atoms with van der Waals surface area (Å²) >= 11 is 7.51. The Labute approximate surface area is 244 Å². The molecule has 41 heavy (non-hydrogen) atoms. The van der Waals surface area contributed by atoms with Crippen molar-refractivity contribution in [3.63, 3.8) is 0 Å². The Balaban J connectivity index is 1.49. The maximum atomic E-state index is 14.6. The minimum Gasteiger partial charge on any atom is -0.481 e. The number of aromatic nitrogens is 1. The lowest BCUT2D eigenvalue weighted by Gasteiger charge is -2.40. The summed E-state index contributed by atoms with van der Waals surface area (Å²) in [5.41, 5.74) is 0.574. The summed E-state index contributed by atoms with van der Waals surface area (Å²) in [5.74, 6) is -4.81. The largest absolute Gasteiger partial charge is 0.481 e. The number of hydrogen-bond donors (Lipinski definition) is 2. The van der Waals surface area contributed by atoms with E-state index in [0.717, 1.165) is 6.07 Å². The van der Waals surface area contributed by atoms with Gasteiger partial charge in [0.05, 0.1) is 28.4 Å². The first-order chi connectivity index (χ1) is 19.5. The van der Waals surface area contributed by atoms with Gasteiger partial charge < -0.3 is 15.2 Å². The van der Waals surface area contributed by atoms with Crippen LogP contribution in [0.15, 0.2) is 40.0 Å². The van der Waals surface area contributed by atoms with E-state index < -0.39 is 55.8 Å². The zero-order chi connectivity index (χ0) is 29.5. The highest BCUT2D eigenvalue weighted by atomic mass is 35.5. The molecule has 1 saturated carbocycles. The number of rotatable bonds is 8. The molecule has 0 amide bonds. The highest BCUT2D eigenvalue weighted by Crippen LogP contribution is 2.42. The first-order valence-electron chi connectivity index (χ1n) is 13.0. The molecule has 220 valence electrons. The second kappa shape index (κ2) is 11.7. The van der Waals surface area contributed by atoms with Crippen molar-refractivity contribution in [1.82, 2.24) is 14.6 Å². The van der Waals surface area contributed by atoms with Crippen LogP contribution in [-0.2, 0) is 24.3 Å². The first-order valence-corrected chi connectivity index (χ1v) is 15.8. The van der Waals surface area contributed by atoms with Crippen LogP contribution in [0, 0.1) is 23.5 Å². The van der Waals surface area contributed by atoms with Gasteiger partial charge >= 0.3 is 11.9 Å². The maximum Gasteiger partial charge on any atom is 0.338 e. The minimum absolute atomic E-state index is 0.0479. The van der Waals surface area contributed by atoms with Crippen LogP contribution in [0.25, 0.3) is 0 Å². The van der Waals surface area contributed by atoms with Crippen molar-refractivity contribution >= 4 is 50.7 Å². The summed E-state index contributed by atoms with van der Waals surface area (Å²) in [6.45, 7) is 1.99. The number of thiazole rings is 1. The molecule has 3 aliphatic rings. The smallest absolute Gasteiger partial charge is 0.338 e. The third-order valence-electron chi connectivity index (χ3n) is 7.65. The standard InChI is InChI=1S/C26H27ClF2N4O6S2/c1-2-39-26(36)18-21(13-5-8-33(9-6-13)41(37,38)15-11-14(12-15)25(34)35)31-23(24-30-7-10-40-24)32-22(18)16-3-4-17(28)20(29)19(16)27/h3-4,7,10,13-15,22H,2,5-6,8-9,11-12H2,1H3,(H,31,32)(H,34,35)/t14-,15-,22?. The predicted octanol–water partition coefficient (Wildman–Crippen LogP) is 3.89. The molecular formula is C26H27ClF2N4O6S2. The number of ether oxygens (including phenoxy) is 1. The fraction of sp³-hybridized carbons (Fsp3) is 0.462. The molecule has 1 unspecified atom stereocenters. The number of allylic oxidation sites excluding steroid dienone is 1. The van der Waals surface area contributed by atoms with Crippen LogP contribution in [0.1, 0.15) is 49.2 Å². The van der Waals surface area contributed by atoms with Gasteiger partial charge in [-0.15, -0.1) is 11.3 Å². The molecule has 2 N–H and O–H groups in total. The van der Waals surface area contributed by atoms with Gasteiger partial charge in [-0.3, -0.25) is 9.79 Å². The van der Waals surface area contributed by atoms with Crippen molar-refractivity contribution in [3.05, 3.63) is 62.2 Å². The van der Waals surface area contributed by atoms with E-state index in [1.54, 1.807) is 18.5 Å². The van der Waals surface area contributed by atoms with Crippen molar-refractivity contribution in [3.8, 4) is 0 Å². The molecule has 15 heteroatoms. The quantitative estimate of drug-likeness (QED) is 0.332. The number of esters is 1. The number of nitrogens with one attached hydrogen (secondary N) is 1. The molecule has 10 nitrogen and oxygen atoms in total. The average molecular weight is 629 g/mol. The van der Waals surface area contributed by atoms with Gasteiger partial charge in [0.15, 0.2) is 22.5 Å². The number of carbonyl (C=O) groups is 2. The summed E-state index contributed by atoms with van der Waals surface area (Å²) in [6, 6.07) is 1.05. The molecule has 0 radical (unpaired) electrons. The Bertz CT molecular complexity index is 1520. The van der Waals surface area contributed by atoms with Gasteiger partial charge in [-0.05, 0) is 38.7 Å². The number of halogens is 3. The van der Waals surface area contributed by atoms with Gasteiger partial charge in [0.1, 0.15) is 6.04 Å². The molecule has 2 aliphatic heterocycles. The minimum atomic E-state index is -3.68. The van der Waals surface area contributed by atoms with E-state index in [9.17, 15) is 26.8 Å². The number of aliphatic imine (C=N–C) groups is 1. The summed E-state index contributed by atoms with van der Waals surface area (Å²) in [4.78, 5) is 33.5. The average Bonchev–Trinajstić information content (AvgIpc) is 3.45. The zero-order valence-electron chi connectivity index (χ0n) is 21.8. The highest BCUT2D eigenvalue weighted by Gasteiger charge is 2.46. The molecule has 2 aromatic rings. The Morgan fingerprint density at radius 1 is 1.24 bits per heavy atom. The van der Waals surface area contributed by atoms with Crippen molar-refractivity contribution in [1.29, 1.82) is 0 Å². The summed E-state index contributed by atoms with van der Waals surface area (Å²) < 4.78 is 61.5. The lowest BCUT2D eigenvalue weighted by atomic mass is 9.85. The second-order valence-corrected chi connectivity index (χ2v) is 13.5. The maximum absolute atomic E-state index is 14.6. The first kappa shape index (κ1) is 29.5. The summed E-state index contributed by atoms with van der Waals surface area (Å²) in [5, 5.41) is 13.3. The molecule has 3 heterocycles. The Hall–Kier alpha value is -2.94. The number of carboxylic acid groups (broad SMARTS) is 1. The Morgan fingerprint density at radius 3 is 2.56 bits per heavy atom. The zero-order valence-corrected chi connectivity index (χ0v) is 24.2. The lowest BCUT2D eigenvalue weighted by Crippen LogP contribution is -2.50. The molecule has 0 bridgehead atoms. The number of carbonyl (C=O) groups excluding carboxylic acids is 1. The van der Waals surface area contributed by atoms with E-state index >= 15 is 0 Å². The third kappa shape index (κ3) is 5.62. The van der Waals surface area contributed by atoms with E-state index in [2.05, 4.69) is 15.3 Å². The number of amidine groups is 1. The summed E-state index contributed by atoms with van der Waals surface area (Å²) in [6.07, 6.45) is 2.42. The number of benzene rings is 1. The van der Waals surface area contributed by atoms with Crippen LogP contribution in [-0.4, -0.2) is 65.5 Å². The number of nitrogens with zero attached hydrogens (tertiary/aromatic N) is 3. The van der Waals surface area contributed by atoms with Crippen molar-refractivity contribution < 1.29 is 36.6 Å². The van der Waals surface area contributed by atoms with Gasteiger partial charge in [0.25, 0.3) is 0 Å². The van der Waals surface area contributed by atoms with Crippen LogP contribution >= 0.6 is 22.9 Å². The molecule has 1 aliphatic carbocycles. The predicted molar refractivity (Wildman–Crippen MR) is 147 cm³/mol. The molecular weight excluding hydrogens is 602 g/mol. The third-order valence-corrected chi connectivity index (χ3v) is 11.1. The Morgan fingerprint density at radius 2 is 1.95 bits per heavy atom. The number of carboxylic acids is 1. The molecule has 2 fully saturated rings. The number of hydrogen-bond acceptors (Lipinski definition) is 9. The van der Waals surface area contributed by atoms with Gasteiger partial charge in [0.2, 0.25) is 10.0 Å². The normalized spacial score (nSPS) is 23.9. The van der Waals surface area contributed by atoms with Crippen molar-refractivity contribution in [2.75, 3.05) is 19.7 Å². The fourth-order valence-corrected chi connectivity index (χ4v) is 8.30. The molecule has 1 saturated heterocycles. The SMILES string of the molecule is CCOC(=O)C1=C(C2CCN(S(=O)(=O)[C@H]3C[C@H](C(=O)O)C3)CC2)NC(c2nccs2)=NC1c1ccc(F)c(F)c1Cl. The number of aliphatic carboxylic acids is 1. The van der Waals surface area contributed by atoms with Crippen LogP contribution < -0.4 is 5.32 Å². The van der Waals surface area contributed by atoms with Crippen LogP contribution in [0.2, 0.25) is 5.02 Å². The second-order valence-electron chi connectivity index (χ2n) is 10.0. The van der Waals surface area contributed by atoms with Crippen molar-refractivity contribution in [2.45, 2.75) is 43.9 Å². The number of sulfonamides is 1. The van der Waals surface area contributed by atoms with E-state index in [1.807, 2.05) is 0 Å².